The van der Waals surface area contributed by atoms with Crippen molar-refractivity contribution in [1.29, 1.82) is 0 Å². The topological polar surface area (TPSA) is 63.3 Å². The Balaban J connectivity index is 3.08. The number of carboxylic acids is 1. The molecule has 3 nitrogen and oxygen atoms in total. The van der Waals surface area contributed by atoms with Crippen molar-refractivity contribution in [1.82, 2.24) is 0 Å². The lowest BCUT2D eigenvalue weighted by Crippen LogP contribution is -2.41. The molecule has 1 rings (SSSR count). The van der Waals surface area contributed by atoms with Crippen LogP contribution >= 0.6 is 11.6 Å². The van der Waals surface area contributed by atoms with Crippen LogP contribution in [-0.2, 0) is 10.3 Å². The third-order valence-electron chi connectivity index (χ3n) is 1.89. The van der Waals surface area contributed by atoms with Crippen molar-refractivity contribution in [3.63, 3.8) is 0 Å². The van der Waals surface area contributed by atoms with E-state index in [0.717, 1.165) is 0 Å². The van der Waals surface area contributed by atoms with Crippen molar-refractivity contribution in [3.8, 4) is 0 Å². The number of hydrogen-bond donors (Lipinski definition) is 2. The Morgan fingerprint density at radius 1 is 1.46 bits per heavy atom. The minimum Gasteiger partial charge on any atom is -0.480 e. The summed E-state index contributed by atoms with van der Waals surface area (Å²) in [5.41, 5.74) is 4.76. The summed E-state index contributed by atoms with van der Waals surface area (Å²) in [6.45, 7) is 1.44. The highest BCUT2D eigenvalue weighted by Gasteiger charge is 2.29. The van der Waals surface area contributed by atoms with E-state index in [4.69, 9.17) is 22.4 Å². The summed E-state index contributed by atoms with van der Waals surface area (Å²) in [4.78, 5) is 10.7. The van der Waals surface area contributed by atoms with Gasteiger partial charge in [-0.15, -0.1) is 0 Å². The van der Waals surface area contributed by atoms with Crippen molar-refractivity contribution in [2.24, 2.45) is 5.73 Å². The van der Waals surface area contributed by atoms with E-state index in [2.05, 4.69) is 0 Å². The maximum Gasteiger partial charge on any atom is 0.328 e. The van der Waals surface area contributed by atoms with E-state index in [-0.39, 0.29) is 0 Å². The molecule has 0 aliphatic heterocycles. The first-order chi connectivity index (χ1) is 5.94. The van der Waals surface area contributed by atoms with E-state index in [1.165, 1.54) is 6.92 Å². The fourth-order valence-corrected chi connectivity index (χ4v) is 1.05. The van der Waals surface area contributed by atoms with Crippen LogP contribution < -0.4 is 5.73 Å². The summed E-state index contributed by atoms with van der Waals surface area (Å²) < 4.78 is 0. The molecule has 0 fully saturated rings. The third kappa shape index (κ3) is 1.99. The monoisotopic (exact) mass is 199 g/mol. The summed E-state index contributed by atoms with van der Waals surface area (Å²) in [6.07, 6.45) is 0. The fourth-order valence-electron chi connectivity index (χ4n) is 0.920. The Kier molecular flexibility index (Phi) is 2.59. The van der Waals surface area contributed by atoms with Gasteiger partial charge in [-0.25, -0.2) is 4.79 Å². The van der Waals surface area contributed by atoms with Crippen molar-refractivity contribution >= 4 is 17.6 Å². The normalized spacial score (nSPS) is 15.0. The molecule has 0 heterocycles. The second-order valence-electron chi connectivity index (χ2n) is 3.01. The molecule has 4 heteroatoms. The first kappa shape index (κ1) is 10.0. The zero-order valence-electron chi connectivity index (χ0n) is 7.12. The van der Waals surface area contributed by atoms with E-state index in [9.17, 15) is 4.79 Å². The van der Waals surface area contributed by atoms with E-state index in [1.54, 1.807) is 24.3 Å². The first-order valence-corrected chi connectivity index (χ1v) is 4.10. The predicted octanol–water partition coefficient (Wildman–Crippen LogP) is 1.60. The van der Waals surface area contributed by atoms with Gasteiger partial charge in [-0.05, 0) is 24.6 Å². The molecule has 1 aromatic rings. The van der Waals surface area contributed by atoms with Crippen LogP contribution in [0, 0.1) is 0 Å². The summed E-state index contributed by atoms with van der Waals surface area (Å²) in [5.74, 6) is -1.06. The van der Waals surface area contributed by atoms with Gasteiger partial charge in [0, 0.05) is 5.02 Å². The smallest absolute Gasteiger partial charge is 0.328 e. The minimum atomic E-state index is -1.36. The minimum absolute atomic E-state index is 0.532. The molecular weight excluding hydrogens is 190 g/mol. The highest BCUT2D eigenvalue weighted by atomic mass is 35.5. The van der Waals surface area contributed by atoms with Gasteiger partial charge in [0.2, 0.25) is 0 Å². The summed E-state index contributed by atoms with van der Waals surface area (Å²) in [6, 6.07) is 6.45. The average Bonchev–Trinajstić information content (AvgIpc) is 2.04. The molecule has 0 aliphatic rings. The number of hydrogen-bond acceptors (Lipinski definition) is 2. The molecule has 0 spiro atoms. The van der Waals surface area contributed by atoms with E-state index >= 15 is 0 Å². The quantitative estimate of drug-likeness (QED) is 0.761. The van der Waals surface area contributed by atoms with Gasteiger partial charge in [0.1, 0.15) is 5.54 Å². The number of nitrogens with two attached hydrogens (primary N) is 1. The van der Waals surface area contributed by atoms with E-state index in [1.807, 2.05) is 0 Å². The standard InChI is InChI=1S/C9H10ClNO2/c1-9(11,8(12)13)6-2-4-7(10)5-3-6/h2-5H,11H2,1H3,(H,12,13)/t9-/m1/s1. The lowest BCUT2D eigenvalue weighted by molar-refractivity contribution is -0.143. The second-order valence-corrected chi connectivity index (χ2v) is 3.45. The predicted molar refractivity (Wildman–Crippen MR) is 50.6 cm³/mol. The van der Waals surface area contributed by atoms with E-state index < -0.39 is 11.5 Å². The molecule has 13 heavy (non-hydrogen) atoms. The van der Waals surface area contributed by atoms with Crippen molar-refractivity contribution in [2.45, 2.75) is 12.5 Å². The van der Waals surface area contributed by atoms with Crippen molar-refractivity contribution in [2.75, 3.05) is 0 Å². The number of benzene rings is 1. The van der Waals surface area contributed by atoms with Gasteiger partial charge in [0.05, 0.1) is 0 Å². The molecule has 70 valence electrons. The fraction of sp³-hybridized carbons (Fsp3) is 0.222. The van der Waals surface area contributed by atoms with Crippen molar-refractivity contribution in [3.05, 3.63) is 34.9 Å². The highest BCUT2D eigenvalue weighted by molar-refractivity contribution is 6.30. The average molecular weight is 200 g/mol. The van der Waals surface area contributed by atoms with Crippen LogP contribution in [0.2, 0.25) is 5.02 Å². The maximum atomic E-state index is 10.7. The molecule has 0 unspecified atom stereocenters. The van der Waals surface area contributed by atoms with Crippen LogP contribution in [0.4, 0.5) is 0 Å². The van der Waals surface area contributed by atoms with E-state index in [0.29, 0.717) is 10.6 Å². The lowest BCUT2D eigenvalue weighted by Gasteiger charge is -2.19. The maximum absolute atomic E-state index is 10.7. The number of aliphatic carboxylic acids is 1. The van der Waals surface area contributed by atoms with Gasteiger partial charge in [0.25, 0.3) is 0 Å². The Bertz CT molecular complexity index is 319. The van der Waals surface area contributed by atoms with Gasteiger partial charge in [-0.3, -0.25) is 0 Å². The number of carboxylic acid groups (broad SMARTS) is 1. The molecular formula is C9H10ClNO2. The number of halogens is 1. The molecule has 0 aromatic heterocycles. The highest BCUT2D eigenvalue weighted by Crippen LogP contribution is 2.19. The lowest BCUT2D eigenvalue weighted by atomic mass is 9.94. The van der Waals surface area contributed by atoms with Gasteiger partial charge in [0.15, 0.2) is 0 Å². The van der Waals surface area contributed by atoms with Gasteiger partial charge >= 0.3 is 5.97 Å². The Morgan fingerprint density at radius 2 is 1.92 bits per heavy atom. The molecule has 3 N–H and O–H groups in total. The van der Waals surface area contributed by atoms with Gasteiger partial charge in [-0.2, -0.15) is 0 Å². The van der Waals surface area contributed by atoms with Gasteiger partial charge < -0.3 is 10.8 Å². The Hall–Kier alpha value is -1.06. The molecule has 0 radical (unpaired) electrons. The summed E-state index contributed by atoms with van der Waals surface area (Å²) >= 11 is 5.65. The molecule has 0 aliphatic carbocycles. The SMILES string of the molecule is C[C@](N)(C(=O)O)c1ccc(Cl)cc1. The summed E-state index contributed by atoms with van der Waals surface area (Å²) in [7, 11) is 0. The Morgan fingerprint density at radius 3 is 2.31 bits per heavy atom. The zero-order chi connectivity index (χ0) is 10.1. The van der Waals surface area contributed by atoms with Crippen LogP contribution in [0.15, 0.2) is 24.3 Å². The van der Waals surface area contributed by atoms with Crippen LogP contribution in [-0.4, -0.2) is 11.1 Å². The summed E-state index contributed by atoms with van der Waals surface area (Å²) in [5, 5.41) is 9.37. The molecule has 0 saturated carbocycles. The molecule has 0 bridgehead atoms. The van der Waals surface area contributed by atoms with Crippen LogP contribution in [0.1, 0.15) is 12.5 Å². The Labute approximate surface area is 81.1 Å². The molecule has 1 atom stereocenters. The van der Waals surface area contributed by atoms with Crippen LogP contribution in [0.5, 0.6) is 0 Å². The molecule has 0 amide bonds. The largest absolute Gasteiger partial charge is 0.480 e. The number of carbonyl (C=O) groups is 1. The number of rotatable bonds is 2. The van der Waals surface area contributed by atoms with Crippen LogP contribution in [0.25, 0.3) is 0 Å². The molecule has 0 saturated heterocycles. The van der Waals surface area contributed by atoms with Crippen LogP contribution in [0.3, 0.4) is 0 Å². The van der Waals surface area contributed by atoms with Gasteiger partial charge in [-0.1, -0.05) is 23.7 Å². The second kappa shape index (κ2) is 3.36. The third-order valence-corrected chi connectivity index (χ3v) is 2.14. The first-order valence-electron chi connectivity index (χ1n) is 3.73. The van der Waals surface area contributed by atoms with Crippen molar-refractivity contribution < 1.29 is 9.90 Å². The zero-order valence-corrected chi connectivity index (χ0v) is 7.88. The molecule has 1 aromatic carbocycles.